The van der Waals surface area contributed by atoms with Crippen molar-refractivity contribution in [3.05, 3.63) is 18.2 Å². The summed E-state index contributed by atoms with van der Waals surface area (Å²) in [5.41, 5.74) is 6.49. The Kier molecular flexibility index (Phi) is 10.3. The van der Waals surface area contributed by atoms with Gasteiger partial charge in [-0.15, -0.1) is 0 Å². The van der Waals surface area contributed by atoms with E-state index in [1.54, 1.807) is 13.8 Å². The van der Waals surface area contributed by atoms with Crippen molar-refractivity contribution in [3.63, 3.8) is 0 Å². The van der Waals surface area contributed by atoms with E-state index < -0.39 is 66.2 Å². The standard InChI is InChI=1S/C19H30N6O7/c1-4-9(2)15(18(30)24-13(19(31)32)6-14(26)27)25-16(28)10(3)23-17(29)12(20)5-11-7-21-8-22-11/h7-10,12-13,15H,4-6,20H2,1-3H3,(H,21,22)(H,23,29)(H,24,30)(H,25,28)(H,26,27)(H,31,32). The van der Waals surface area contributed by atoms with Crippen molar-refractivity contribution in [2.45, 2.75) is 64.2 Å². The van der Waals surface area contributed by atoms with Crippen LogP contribution >= 0.6 is 0 Å². The Morgan fingerprint density at radius 3 is 2.22 bits per heavy atom. The number of nitrogens with two attached hydrogens (primary N) is 1. The van der Waals surface area contributed by atoms with Crippen LogP contribution in [0.2, 0.25) is 0 Å². The fraction of sp³-hybridized carbons (Fsp3) is 0.579. The molecule has 3 amide bonds. The number of amides is 3. The van der Waals surface area contributed by atoms with E-state index in [9.17, 15) is 24.0 Å². The molecule has 1 rings (SSSR count). The highest BCUT2D eigenvalue weighted by Gasteiger charge is 2.32. The highest BCUT2D eigenvalue weighted by Crippen LogP contribution is 2.09. The predicted molar refractivity (Wildman–Crippen MR) is 111 cm³/mol. The topological polar surface area (TPSA) is 217 Å². The zero-order chi connectivity index (χ0) is 24.4. The molecule has 0 saturated carbocycles. The molecule has 178 valence electrons. The van der Waals surface area contributed by atoms with Gasteiger partial charge in [-0.25, -0.2) is 9.78 Å². The van der Waals surface area contributed by atoms with Crippen LogP contribution in [0.25, 0.3) is 0 Å². The van der Waals surface area contributed by atoms with Crippen LogP contribution in [0.1, 0.15) is 39.3 Å². The van der Waals surface area contributed by atoms with E-state index in [-0.39, 0.29) is 6.42 Å². The number of aliphatic carboxylic acids is 2. The van der Waals surface area contributed by atoms with E-state index in [0.717, 1.165) is 0 Å². The predicted octanol–water partition coefficient (Wildman–Crippen LogP) is -1.64. The van der Waals surface area contributed by atoms with Gasteiger partial charge in [-0.2, -0.15) is 0 Å². The Balaban J connectivity index is 2.77. The normalized spacial score (nSPS) is 15.5. The lowest BCUT2D eigenvalue weighted by molar-refractivity contribution is -0.147. The van der Waals surface area contributed by atoms with E-state index in [1.807, 2.05) is 0 Å². The molecule has 0 saturated heterocycles. The second kappa shape index (κ2) is 12.4. The number of aromatic nitrogens is 2. The van der Waals surface area contributed by atoms with Gasteiger partial charge in [0.25, 0.3) is 0 Å². The number of carbonyl (C=O) groups is 5. The van der Waals surface area contributed by atoms with Crippen molar-refractivity contribution in [1.29, 1.82) is 0 Å². The number of rotatable bonds is 13. The van der Waals surface area contributed by atoms with Crippen LogP contribution < -0.4 is 21.7 Å². The minimum absolute atomic E-state index is 0.179. The summed E-state index contributed by atoms with van der Waals surface area (Å²) in [6.07, 6.45) is 2.79. The third-order valence-corrected chi connectivity index (χ3v) is 4.87. The molecule has 1 heterocycles. The zero-order valence-corrected chi connectivity index (χ0v) is 18.1. The molecule has 5 unspecified atom stereocenters. The minimum atomic E-state index is -1.65. The number of aromatic amines is 1. The Bertz CT molecular complexity index is 813. The molecule has 8 N–H and O–H groups in total. The SMILES string of the molecule is CCC(C)C(NC(=O)C(C)NC(=O)C(N)Cc1cnc[nH]1)C(=O)NC(CC(=O)O)C(=O)O. The molecule has 13 heteroatoms. The summed E-state index contributed by atoms with van der Waals surface area (Å²) in [5.74, 6) is -5.41. The molecule has 0 spiro atoms. The van der Waals surface area contributed by atoms with Crippen LogP contribution in [0.5, 0.6) is 0 Å². The lowest BCUT2D eigenvalue weighted by Crippen LogP contribution is -2.58. The highest BCUT2D eigenvalue weighted by atomic mass is 16.4. The highest BCUT2D eigenvalue weighted by molar-refractivity contribution is 5.94. The van der Waals surface area contributed by atoms with Crippen molar-refractivity contribution in [1.82, 2.24) is 25.9 Å². The van der Waals surface area contributed by atoms with Crippen LogP contribution in [0, 0.1) is 5.92 Å². The van der Waals surface area contributed by atoms with Gasteiger partial charge >= 0.3 is 11.9 Å². The van der Waals surface area contributed by atoms with E-state index in [4.69, 9.17) is 15.9 Å². The van der Waals surface area contributed by atoms with Gasteiger partial charge in [-0.3, -0.25) is 19.2 Å². The molecular weight excluding hydrogens is 424 g/mol. The zero-order valence-electron chi connectivity index (χ0n) is 18.1. The molecule has 0 aliphatic heterocycles. The first-order valence-electron chi connectivity index (χ1n) is 10.0. The van der Waals surface area contributed by atoms with Crippen molar-refractivity contribution in [2.24, 2.45) is 11.7 Å². The maximum Gasteiger partial charge on any atom is 0.326 e. The maximum atomic E-state index is 12.6. The van der Waals surface area contributed by atoms with Gasteiger partial charge in [0.05, 0.1) is 18.8 Å². The molecule has 1 aromatic heterocycles. The van der Waals surface area contributed by atoms with Gasteiger partial charge < -0.3 is 36.9 Å². The first-order valence-corrected chi connectivity index (χ1v) is 10.0. The minimum Gasteiger partial charge on any atom is -0.481 e. The van der Waals surface area contributed by atoms with Gasteiger partial charge in [0.1, 0.15) is 18.1 Å². The van der Waals surface area contributed by atoms with Crippen LogP contribution in [-0.4, -0.2) is 74.0 Å². The van der Waals surface area contributed by atoms with E-state index in [1.165, 1.54) is 19.4 Å². The summed E-state index contributed by atoms with van der Waals surface area (Å²) in [6, 6.07) is -4.77. The van der Waals surface area contributed by atoms with E-state index in [2.05, 4.69) is 25.9 Å². The third-order valence-electron chi connectivity index (χ3n) is 4.87. The molecular formula is C19H30N6O7. The first-order chi connectivity index (χ1) is 15.0. The van der Waals surface area contributed by atoms with Gasteiger partial charge in [-0.1, -0.05) is 20.3 Å². The van der Waals surface area contributed by atoms with E-state index >= 15 is 0 Å². The second-order valence-electron chi connectivity index (χ2n) is 7.49. The van der Waals surface area contributed by atoms with Crippen molar-refractivity contribution in [3.8, 4) is 0 Å². The summed E-state index contributed by atoms with van der Waals surface area (Å²) in [7, 11) is 0. The van der Waals surface area contributed by atoms with Gasteiger partial charge in [0.2, 0.25) is 17.7 Å². The van der Waals surface area contributed by atoms with Crippen molar-refractivity contribution in [2.75, 3.05) is 0 Å². The Labute approximate surface area is 184 Å². The molecule has 0 aromatic carbocycles. The van der Waals surface area contributed by atoms with Gasteiger partial charge in [0.15, 0.2) is 0 Å². The smallest absolute Gasteiger partial charge is 0.326 e. The maximum absolute atomic E-state index is 12.6. The average molecular weight is 454 g/mol. The molecule has 0 bridgehead atoms. The molecule has 32 heavy (non-hydrogen) atoms. The first kappa shape index (κ1) is 26.6. The fourth-order valence-electron chi connectivity index (χ4n) is 2.73. The van der Waals surface area contributed by atoms with E-state index in [0.29, 0.717) is 12.1 Å². The summed E-state index contributed by atoms with van der Waals surface area (Å²) < 4.78 is 0. The molecule has 0 aliphatic rings. The Morgan fingerprint density at radius 1 is 1.06 bits per heavy atom. The second-order valence-corrected chi connectivity index (χ2v) is 7.49. The van der Waals surface area contributed by atoms with Crippen LogP contribution in [0.4, 0.5) is 0 Å². The van der Waals surface area contributed by atoms with Gasteiger partial charge in [-0.05, 0) is 12.8 Å². The summed E-state index contributed by atoms with van der Waals surface area (Å²) in [5, 5.41) is 25.1. The number of carboxylic acids is 2. The molecule has 5 atom stereocenters. The number of hydrogen-bond acceptors (Lipinski definition) is 7. The molecule has 0 fully saturated rings. The lowest BCUT2D eigenvalue weighted by Gasteiger charge is -2.27. The number of nitrogens with one attached hydrogen (secondary N) is 4. The molecule has 0 radical (unpaired) electrons. The van der Waals surface area contributed by atoms with Crippen molar-refractivity contribution >= 4 is 29.7 Å². The number of nitrogens with zero attached hydrogens (tertiary/aromatic N) is 1. The Morgan fingerprint density at radius 2 is 1.72 bits per heavy atom. The summed E-state index contributed by atoms with van der Waals surface area (Å²) in [4.78, 5) is 66.2. The summed E-state index contributed by atoms with van der Waals surface area (Å²) in [6.45, 7) is 4.84. The number of H-pyrrole nitrogens is 1. The largest absolute Gasteiger partial charge is 0.481 e. The molecule has 1 aromatic rings. The van der Waals surface area contributed by atoms with Crippen LogP contribution in [0.3, 0.4) is 0 Å². The van der Waals surface area contributed by atoms with Crippen molar-refractivity contribution < 1.29 is 34.2 Å². The number of carboxylic acid groups (broad SMARTS) is 2. The van der Waals surface area contributed by atoms with Crippen LogP contribution in [-0.2, 0) is 30.4 Å². The third kappa shape index (κ3) is 8.34. The summed E-state index contributed by atoms with van der Waals surface area (Å²) >= 11 is 0. The van der Waals surface area contributed by atoms with Gasteiger partial charge in [0, 0.05) is 18.3 Å². The average Bonchev–Trinajstić information content (AvgIpc) is 3.22. The molecule has 0 aliphatic carbocycles. The lowest BCUT2D eigenvalue weighted by atomic mass is 9.97. The fourth-order valence-corrected chi connectivity index (χ4v) is 2.73. The number of imidazole rings is 1. The molecule has 13 nitrogen and oxygen atoms in total. The van der Waals surface area contributed by atoms with Crippen LogP contribution in [0.15, 0.2) is 12.5 Å². The Hall–Kier alpha value is -3.48. The monoisotopic (exact) mass is 454 g/mol. The number of hydrogen-bond donors (Lipinski definition) is 7. The quantitative estimate of drug-likeness (QED) is 0.181. The number of carbonyl (C=O) groups excluding carboxylic acids is 3.